The van der Waals surface area contributed by atoms with E-state index in [4.69, 9.17) is 5.11 Å². The summed E-state index contributed by atoms with van der Waals surface area (Å²) in [5, 5.41) is 24.9. The van der Waals surface area contributed by atoms with Gasteiger partial charge in [0.1, 0.15) is 0 Å². The fourth-order valence-electron chi connectivity index (χ4n) is 1.83. The van der Waals surface area contributed by atoms with Crippen LogP contribution in [0.3, 0.4) is 0 Å². The topological polar surface area (TPSA) is 64.5 Å². The van der Waals surface area contributed by atoms with Crippen LogP contribution in [0.2, 0.25) is 0 Å². The minimum absolute atomic E-state index is 0. The van der Waals surface area contributed by atoms with Gasteiger partial charge in [-0.25, -0.2) is 0 Å². The smallest absolute Gasteiger partial charge is 0.0626 e. The second kappa shape index (κ2) is 13.6. The molecule has 0 aliphatic carbocycles. The van der Waals surface area contributed by atoms with Gasteiger partial charge >= 0.3 is 0 Å². The van der Waals surface area contributed by atoms with Crippen molar-refractivity contribution in [2.75, 3.05) is 26.3 Å². The van der Waals surface area contributed by atoms with E-state index in [0.29, 0.717) is 0 Å². The van der Waals surface area contributed by atoms with Crippen LogP contribution in [0.5, 0.6) is 0 Å². The van der Waals surface area contributed by atoms with Crippen molar-refractivity contribution < 1.29 is 10.2 Å². The van der Waals surface area contributed by atoms with E-state index in [0.717, 1.165) is 25.1 Å². The van der Waals surface area contributed by atoms with E-state index in [1.54, 1.807) is 0 Å². The summed E-state index contributed by atoms with van der Waals surface area (Å²) < 4.78 is 0. The van der Waals surface area contributed by atoms with Crippen LogP contribution in [-0.2, 0) is 0 Å². The van der Waals surface area contributed by atoms with Crippen LogP contribution in [0, 0.1) is 0 Å². The third-order valence-corrected chi connectivity index (χ3v) is 3.05. The minimum atomic E-state index is -0.0257. The molecule has 4 N–H and O–H groups in total. The highest BCUT2D eigenvalue weighted by Gasteiger charge is 2.08. The zero-order chi connectivity index (χ0) is 13.2. The highest BCUT2D eigenvalue weighted by Crippen LogP contribution is 2.10. The van der Waals surface area contributed by atoms with Crippen LogP contribution in [-0.4, -0.2) is 42.6 Å². The molecule has 0 aromatic heterocycles. The fourth-order valence-corrected chi connectivity index (χ4v) is 1.83. The van der Waals surface area contributed by atoms with Gasteiger partial charge in [0.2, 0.25) is 0 Å². The Labute approximate surface area is 133 Å². The highest BCUT2D eigenvalue weighted by atomic mass is 35.5. The standard InChI is InChI=1S/C14H24N2O2.2ClH/c1-2-13(10-17)15-8-9-16-14(11-18)12-6-4-3-5-7-12;;/h3-7,13-18H,2,8-11H2,1H3;2*1H/t13-,14+;;/m0../s1. The number of benzene rings is 1. The first-order valence-electron chi connectivity index (χ1n) is 6.55. The lowest BCUT2D eigenvalue weighted by Gasteiger charge is -2.18. The zero-order valence-corrected chi connectivity index (χ0v) is 13.4. The molecule has 1 aromatic carbocycles. The first kappa shape index (κ1) is 21.9. The Balaban J connectivity index is 0. The van der Waals surface area contributed by atoms with E-state index in [9.17, 15) is 5.11 Å². The van der Waals surface area contributed by atoms with E-state index in [-0.39, 0.29) is 50.1 Å². The van der Waals surface area contributed by atoms with Gasteiger partial charge in [-0.15, -0.1) is 24.8 Å². The number of rotatable bonds is 9. The monoisotopic (exact) mass is 324 g/mol. The first-order valence-corrected chi connectivity index (χ1v) is 6.55. The molecule has 4 nitrogen and oxygen atoms in total. The quantitative estimate of drug-likeness (QED) is 0.520. The third kappa shape index (κ3) is 8.04. The molecule has 1 aromatic rings. The molecule has 0 saturated heterocycles. The van der Waals surface area contributed by atoms with Crippen molar-refractivity contribution in [2.45, 2.75) is 25.4 Å². The molecule has 6 heteroatoms. The van der Waals surface area contributed by atoms with Crippen LogP contribution < -0.4 is 10.6 Å². The van der Waals surface area contributed by atoms with E-state index >= 15 is 0 Å². The Bertz CT molecular complexity index is 311. The van der Waals surface area contributed by atoms with Gasteiger partial charge in [0.15, 0.2) is 0 Å². The predicted molar refractivity (Wildman–Crippen MR) is 87.9 cm³/mol. The molecule has 0 saturated carbocycles. The van der Waals surface area contributed by atoms with Crippen LogP contribution in [0.4, 0.5) is 0 Å². The summed E-state index contributed by atoms with van der Waals surface area (Å²) in [6.45, 7) is 3.83. The van der Waals surface area contributed by atoms with Crippen LogP contribution in [0.1, 0.15) is 24.9 Å². The number of hydrogen-bond acceptors (Lipinski definition) is 4. The maximum absolute atomic E-state index is 9.36. The Kier molecular flexibility index (Phi) is 14.9. The lowest BCUT2D eigenvalue weighted by molar-refractivity contribution is 0.231. The SMILES string of the molecule is CC[C@@H](CO)NCCN[C@H](CO)c1ccccc1.Cl.Cl. The molecule has 0 unspecified atom stereocenters. The van der Waals surface area contributed by atoms with Crippen molar-refractivity contribution in [1.29, 1.82) is 0 Å². The number of hydrogen-bond donors (Lipinski definition) is 4. The maximum atomic E-state index is 9.36. The highest BCUT2D eigenvalue weighted by molar-refractivity contribution is 5.85. The summed E-state index contributed by atoms with van der Waals surface area (Å²) in [5.41, 5.74) is 1.09. The van der Waals surface area contributed by atoms with Gasteiger partial charge in [-0.2, -0.15) is 0 Å². The van der Waals surface area contributed by atoms with Crippen LogP contribution in [0.25, 0.3) is 0 Å². The normalized spacial score (nSPS) is 12.9. The van der Waals surface area contributed by atoms with Gasteiger partial charge in [0, 0.05) is 19.1 Å². The average molecular weight is 325 g/mol. The second-order valence-electron chi connectivity index (χ2n) is 4.34. The lowest BCUT2D eigenvalue weighted by atomic mass is 10.1. The summed E-state index contributed by atoms with van der Waals surface area (Å²) in [6.07, 6.45) is 0.915. The molecular weight excluding hydrogens is 299 g/mol. The molecule has 0 bridgehead atoms. The number of halogens is 2. The van der Waals surface area contributed by atoms with Gasteiger partial charge in [0.05, 0.1) is 19.3 Å². The molecule has 0 amide bonds. The van der Waals surface area contributed by atoms with Gasteiger partial charge in [-0.1, -0.05) is 37.3 Å². The molecule has 2 atom stereocenters. The Morgan fingerprint density at radius 2 is 1.55 bits per heavy atom. The molecule has 118 valence electrons. The summed E-state index contributed by atoms with van der Waals surface area (Å²) in [4.78, 5) is 0. The number of aliphatic hydroxyl groups is 2. The summed E-state index contributed by atoms with van der Waals surface area (Å²) in [7, 11) is 0. The maximum Gasteiger partial charge on any atom is 0.0626 e. The summed E-state index contributed by atoms with van der Waals surface area (Å²) >= 11 is 0. The largest absolute Gasteiger partial charge is 0.395 e. The molecule has 0 aliphatic heterocycles. The lowest BCUT2D eigenvalue weighted by Crippen LogP contribution is -2.38. The number of nitrogens with one attached hydrogen (secondary N) is 2. The van der Waals surface area contributed by atoms with Crippen molar-refractivity contribution >= 4 is 24.8 Å². The molecule has 20 heavy (non-hydrogen) atoms. The fraction of sp³-hybridized carbons (Fsp3) is 0.571. The van der Waals surface area contributed by atoms with E-state index < -0.39 is 0 Å². The van der Waals surface area contributed by atoms with E-state index in [2.05, 4.69) is 10.6 Å². The number of aliphatic hydroxyl groups excluding tert-OH is 2. The molecule has 0 fully saturated rings. The van der Waals surface area contributed by atoms with Crippen LogP contribution in [0.15, 0.2) is 30.3 Å². The average Bonchev–Trinajstić information content (AvgIpc) is 2.44. The van der Waals surface area contributed by atoms with Crippen LogP contribution >= 0.6 is 24.8 Å². The predicted octanol–water partition coefficient (Wildman–Crippen LogP) is 1.51. The third-order valence-electron chi connectivity index (χ3n) is 3.05. The second-order valence-corrected chi connectivity index (χ2v) is 4.34. The Morgan fingerprint density at radius 3 is 2.05 bits per heavy atom. The van der Waals surface area contributed by atoms with Crippen molar-refractivity contribution in [2.24, 2.45) is 0 Å². The van der Waals surface area contributed by atoms with E-state index in [1.807, 2.05) is 37.3 Å². The summed E-state index contributed by atoms with van der Waals surface area (Å²) in [5.74, 6) is 0. The molecular formula is C14H26Cl2N2O2. The van der Waals surface area contributed by atoms with Gasteiger partial charge < -0.3 is 20.8 Å². The zero-order valence-electron chi connectivity index (χ0n) is 11.8. The molecule has 1 rings (SSSR count). The Morgan fingerprint density at radius 1 is 0.950 bits per heavy atom. The van der Waals surface area contributed by atoms with Crippen molar-refractivity contribution in [3.8, 4) is 0 Å². The van der Waals surface area contributed by atoms with Gasteiger partial charge in [-0.3, -0.25) is 0 Å². The minimum Gasteiger partial charge on any atom is -0.395 e. The van der Waals surface area contributed by atoms with Crippen molar-refractivity contribution in [1.82, 2.24) is 10.6 Å². The molecule has 0 aliphatic rings. The van der Waals surface area contributed by atoms with Gasteiger partial charge in [-0.05, 0) is 12.0 Å². The van der Waals surface area contributed by atoms with E-state index in [1.165, 1.54) is 0 Å². The molecule has 0 heterocycles. The van der Waals surface area contributed by atoms with Gasteiger partial charge in [0.25, 0.3) is 0 Å². The molecule has 0 spiro atoms. The van der Waals surface area contributed by atoms with Crippen molar-refractivity contribution in [3.63, 3.8) is 0 Å². The summed E-state index contributed by atoms with van der Waals surface area (Å²) in [6, 6.07) is 10.0. The first-order chi connectivity index (χ1) is 8.81. The Hall–Kier alpha value is -0.360. The van der Waals surface area contributed by atoms with Crippen molar-refractivity contribution in [3.05, 3.63) is 35.9 Å². The molecule has 0 radical (unpaired) electrons.